The second kappa shape index (κ2) is 5.70. The molecule has 0 spiro atoms. The lowest BCUT2D eigenvalue weighted by molar-refractivity contribution is -0.116. The highest BCUT2D eigenvalue weighted by Crippen LogP contribution is 2.47. The first-order valence-corrected chi connectivity index (χ1v) is 8.92. The third-order valence-corrected chi connectivity index (χ3v) is 5.37. The number of Topliss-reactive ketones (excluding diaryl/α,β-unsaturated/α-hetero) is 1. The first-order valence-electron chi connectivity index (χ1n) is 8.92. The molecule has 4 nitrogen and oxygen atoms in total. The Bertz CT molecular complexity index is 1070. The number of phenolic OH excluding ortho intramolecular Hbond substituents is 1. The molecular formula is C22H18N2O2. The van der Waals surface area contributed by atoms with Crippen molar-refractivity contribution in [1.29, 1.82) is 0 Å². The van der Waals surface area contributed by atoms with Gasteiger partial charge in [0.2, 0.25) is 0 Å². The van der Waals surface area contributed by atoms with E-state index in [1.165, 1.54) is 0 Å². The number of fused-ring (bicyclic) bond motifs is 3. The quantitative estimate of drug-likeness (QED) is 0.683. The molecule has 0 unspecified atom stereocenters. The fourth-order valence-corrected chi connectivity index (χ4v) is 4.23. The van der Waals surface area contributed by atoms with Crippen molar-refractivity contribution < 1.29 is 9.90 Å². The molecule has 1 aliphatic carbocycles. The molecule has 4 heteroatoms. The summed E-state index contributed by atoms with van der Waals surface area (Å²) in [6, 6.07) is 15.3. The number of nitrogens with zero attached hydrogens (tertiary/aromatic N) is 1. The number of allylic oxidation sites excluding steroid dienone is 2. The van der Waals surface area contributed by atoms with Crippen LogP contribution in [-0.4, -0.2) is 15.9 Å². The minimum absolute atomic E-state index is 0.137. The number of ketones is 1. The van der Waals surface area contributed by atoms with E-state index in [9.17, 15) is 9.90 Å². The van der Waals surface area contributed by atoms with E-state index in [-0.39, 0.29) is 17.5 Å². The van der Waals surface area contributed by atoms with Crippen molar-refractivity contribution in [3.63, 3.8) is 0 Å². The molecule has 0 radical (unpaired) electrons. The fraction of sp³-hybridized carbons (Fsp3) is 0.182. The normalized spacial score (nSPS) is 19.1. The maximum Gasteiger partial charge on any atom is 0.161 e. The SMILES string of the molecule is O=C1CCCC2=C1[C@@H](c1ccc(O)cc1)c1c(ccc3ncccc13)N2. The second-order valence-electron chi connectivity index (χ2n) is 6.92. The molecule has 5 rings (SSSR count). The van der Waals surface area contributed by atoms with Crippen molar-refractivity contribution in [3.05, 3.63) is 77.1 Å². The molecule has 0 saturated heterocycles. The molecule has 2 aliphatic rings. The number of anilines is 1. The smallest absolute Gasteiger partial charge is 0.161 e. The molecule has 0 bridgehead atoms. The summed E-state index contributed by atoms with van der Waals surface area (Å²) in [6.45, 7) is 0. The van der Waals surface area contributed by atoms with Gasteiger partial charge in [-0.3, -0.25) is 9.78 Å². The molecule has 1 atom stereocenters. The van der Waals surface area contributed by atoms with Crippen LogP contribution in [0.1, 0.15) is 36.3 Å². The number of pyridine rings is 1. The topological polar surface area (TPSA) is 62.2 Å². The Morgan fingerprint density at radius 2 is 1.88 bits per heavy atom. The summed E-state index contributed by atoms with van der Waals surface area (Å²) in [7, 11) is 0. The Balaban J connectivity index is 1.83. The lowest BCUT2D eigenvalue weighted by Crippen LogP contribution is -2.27. The van der Waals surface area contributed by atoms with E-state index in [4.69, 9.17) is 0 Å². The lowest BCUT2D eigenvalue weighted by atomic mass is 9.74. The zero-order valence-corrected chi connectivity index (χ0v) is 14.2. The number of aromatic hydroxyl groups is 1. The van der Waals surface area contributed by atoms with Gasteiger partial charge in [0.25, 0.3) is 0 Å². The molecule has 2 heterocycles. The Morgan fingerprint density at radius 1 is 1.04 bits per heavy atom. The largest absolute Gasteiger partial charge is 0.508 e. The van der Waals surface area contributed by atoms with Crippen LogP contribution in [0.15, 0.2) is 66.0 Å². The molecule has 0 fully saturated rings. The average Bonchev–Trinajstić information content (AvgIpc) is 2.67. The van der Waals surface area contributed by atoms with Crippen LogP contribution in [0.3, 0.4) is 0 Å². The van der Waals surface area contributed by atoms with Crippen LogP contribution >= 0.6 is 0 Å². The van der Waals surface area contributed by atoms with Gasteiger partial charge in [-0.2, -0.15) is 0 Å². The number of carbonyl (C=O) groups excluding carboxylic acids is 1. The molecule has 128 valence electrons. The van der Waals surface area contributed by atoms with Gasteiger partial charge in [-0.05, 0) is 54.3 Å². The number of hydrogen-bond acceptors (Lipinski definition) is 4. The fourth-order valence-electron chi connectivity index (χ4n) is 4.23. The van der Waals surface area contributed by atoms with E-state index in [1.807, 2.05) is 24.3 Å². The molecule has 0 amide bonds. The second-order valence-corrected chi connectivity index (χ2v) is 6.92. The van der Waals surface area contributed by atoms with Crippen molar-refractivity contribution in [1.82, 2.24) is 4.98 Å². The third-order valence-electron chi connectivity index (χ3n) is 5.37. The number of rotatable bonds is 1. The summed E-state index contributed by atoms with van der Waals surface area (Å²) in [5, 5.41) is 14.3. The molecule has 0 saturated carbocycles. The molecule has 2 N–H and O–H groups in total. The van der Waals surface area contributed by atoms with E-state index < -0.39 is 0 Å². The van der Waals surface area contributed by atoms with Crippen LogP contribution < -0.4 is 5.32 Å². The van der Waals surface area contributed by atoms with Gasteiger partial charge in [-0.1, -0.05) is 18.2 Å². The number of hydrogen-bond donors (Lipinski definition) is 2. The van der Waals surface area contributed by atoms with Crippen molar-refractivity contribution >= 4 is 22.4 Å². The summed E-state index contributed by atoms with van der Waals surface area (Å²) in [6.07, 6.45) is 4.15. The monoisotopic (exact) mass is 342 g/mol. The summed E-state index contributed by atoms with van der Waals surface area (Å²) >= 11 is 0. The zero-order valence-electron chi connectivity index (χ0n) is 14.2. The Hall–Kier alpha value is -3.14. The summed E-state index contributed by atoms with van der Waals surface area (Å²) < 4.78 is 0. The van der Waals surface area contributed by atoms with Crippen LogP contribution in [0.5, 0.6) is 5.75 Å². The first-order chi connectivity index (χ1) is 12.7. The third kappa shape index (κ3) is 2.22. The van der Waals surface area contributed by atoms with Crippen molar-refractivity contribution in [2.75, 3.05) is 5.32 Å². The highest BCUT2D eigenvalue weighted by molar-refractivity contribution is 6.03. The molecule has 26 heavy (non-hydrogen) atoms. The van der Waals surface area contributed by atoms with Gasteiger partial charge in [0.15, 0.2) is 5.78 Å². The van der Waals surface area contributed by atoms with Crippen molar-refractivity contribution in [3.8, 4) is 5.75 Å². The van der Waals surface area contributed by atoms with E-state index in [0.29, 0.717) is 6.42 Å². The Labute approximate surface area is 151 Å². The van der Waals surface area contributed by atoms with Crippen LogP contribution in [0.25, 0.3) is 10.9 Å². The summed E-state index contributed by atoms with van der Waals surface area (Å²) in [5.74, 6) is 0.303. The maximum absolute atomic E-state index is 12.9. The van der Waals surface area contributed by atoms with E-state index in [0.717, 1.165) is 51.8 Å². The van der Waals surface area contributed by atoms with Crippen LogP contribution in [-0.2, 0) is 4.79 Å². The average molecular weight is 342 g/mol. The van der Waals surface area contributed by atoms with Gasteiger partial charge < -0.3 is 10.4 Å². The van der Waals surface area contributed by atoms with Gasteiger partial charge in [-0.25, -0.2) is 0 Å². The summed E-state index contributed by atoms with van der Waals surface area (Å²) in [5.41, 5.74) is 5.97. The summed E-state index contributed by atoms with van der Waals surface area (Å²) in [4.78, 5) is 17.3. The number of benzene rings is 2. The number of nitrogens with one attached hydrogen (secondary N) is 1. The minimum atomic E-state index is -0.137. The van der Waals surface area contributed by atoms with Gasteiger partial charge in [-0.15, -0.1) is 0 Å². The molecule has 2 aromatic carbocycles. The lowest BCUT2D eigenvalue weighted by Gasteiger charge is -2.34. The van der Waals surface area contributed by atoms with Gasteiger partial charge in [0, 0.05) is 40.9 Å². The zero-order chi connectivity index (χ0) is 17.7. The van der Waals surface area contributed by atoms with Crippen LogP contribution in [0, 0.1) is 0 Å². The standard InChI is InChI=1S/C22H18N2O2/c25-14-8-6-13(7-9-14)20-21-15-3-2-12-23-16(15)10-11-18(21)24-17-4-1-5-19(26)22(17)20/h2-3,6-12,20,24-25H,1,4-5H2/t20-/m0/s1. The minimum Gasteiger partial charge on any atom is -0.508 e. The van der Waals surface area contributed by atoms with Gasteiger partial charge >= 0.3 is 0 Å². The van der Waals surface area contributed by atoms with Crippen LogP contribution in [0.2, 0.25) is 0 Å². The number of carbonyl (C=O) groups is 1. The van der Waals surface area contributed by atoms with Crippen molar-refractivity contribution in [2.45, 2.75) is 25.2 Å². The highest BCUT2D eigenvalue weighted by atomic mass is 16.3. The number of phenols is 1. The van der Waals surface area contributed by atoms with E-state index in [2.05, 4.69) is 22.4 Å². The van der Waals surface area contributed by atoms with Crippen LogP contribution in [0.4, 0.5) is 5.69 Å². The molecule has 3 aromatic rings. The van der Waals surface area contributed by atoms with Gasteiger partial charge in [0.05, 0.1) is 5.52 Å². The van der Waals surface area contributed by atoms with E-state index >= 15 is 0 Å². The van der Waals surface area contributed by atoms with Gasteiger partial charge in [0.1, 0.15) is 5.75 Å². The Morgan fingerprint density at radius 3 is 2.73 bits per heavy atom. The molecular weight excluding hydrogens is 324 g/mol. The predicted molar refractivity (Wildman–Crippen MR) is 101 cm³/mol. The highest BCUT2D eigenvalue weighted by Gasteiger charge is 2.36. The Kier molecular flexibility index (Phi) is 3.32. The molecule has 1 aromatic heterocycles. The first kappa shape index (κ1) is 15.1. The number of aromatic nitrogens is 1. The predicted octanol–water partition coefficient (Wildman–Crippen LogP) is 4.50. The maximum atomic E-state index is 12.9. The molecule has 1 aliphatic heterocycles. The van der Waals surface area contributed by atoms with Crippen molar-refractivity contribution in [2.24, 2.45) is 0 Å². The van der Waals surface area contributed by atoms with E-state index in [1.54, 1.807) is 18.3 Å².